The van der Waals surface area contributed by atoms with Crippen LogP contribution in [0.25, 0.3) is 0 Å². The molecule has 0 atom stereocenters. The number of benzene rings is 1. The number of nitrogens with zero attached hydrogens (tertiary/aromatic N) is 1. The smallest absolute Gasteiger partial charge is 0.232 e. The summed E-state index contributed by atoms with van der Waals surface area (Å²) in [6.07, 6.45) is 3.61. The average Bonchev–Trinajstić information content (AvgIpc) is 3.29. The summed E-state index contributed by atoms with van der Waals surface area (Å²) < 4.78 is 5.13. The fourth-order valence-electron chi connectivity index (χ4n) is 2.11. The topological polar surface area (TPSA) is 29.5 Å². The number of ether oxygens (including phenoxy) is 1. The Labute approximate surface area is 125 Å². The van der Waals surface area contributed by atoms with Crippen LogP contribution in [-0.4, -0.2) is 36.8 Å². The number of methoxy groups -OCH3 is 1. The van der Waals surface area contributed by atoms with Gasteiger partial charge in [0.15, 0.2) is 0 Å². The van der Waals surface area contributed by atoms with Gasteiger partial charge in [-0.2, -0.15) is 0 Å². The zero-order valence-electron chi connectivity index (χ0n) is 12.3. The molecule has 0 N–H and O–H groups in total. The fraction of sp³-hybridized carbons (Fsp3) is 0.562. The van der Waals surface area contributed by atoms with Gasteiger partial charge in [-0.3, -0.25) is 4.79 Å². The Balaban J connectivity index is 1.81. The van der Waals surface area contributed by atoms with Crippen molar-refractivity contribution in [2.75, 3.05) is 26.0 Å². The minimum Gasteiger partial charge on any atom is -0.497 e. The largest absolute Gasteiger partial charge is 0.497 e. The molecule has 1 aromatic rings. The summed E-state index contributed by atoms with van der Waals surface area (Å²) >= 11 is 1.60. The molecule has 1 amide bonds. The lowest BCUT2D eigenvalue weighted by molar-refractivity contribution is -0.128. The molecule has 0 spiro atoms. The van der Waals surface area contributed by atoms with Gasteiger partial charge < -0.3 is 9.64 Å². The molecule has 0 aliphatic heterocycles. The lowest BCUT2D eigenvalue weighted by Gasteiger charge is -2.21. The summed E-state index contributed by atoms with van der Waals surface area (Å²) in [7, 11) is 1.66. The van der Waals surface area contributed by atoms with Crippen LogP contribution in [0.4, 0.5) is 0 Å². The SMILES string of the molecule is CCCN(CC1CC1)C(=O)CSc1ccc(OC)cc1. The second-order valence-electron chi connectivity index (χ2n) is 5.25. The van der Waals surface area contributed by atoms with Crippen molar-refractivity contribution in [1.82, 2.24) is 4.90 Å². The summed E-state index contributed by atoms with van der Waals surface area (Å²) in [5.41, 5.74) is 0. The fourth-order valence-corrected chi connectivity index (χ4v) is 2.91. The van der Waals surface area contributed by atoms with Gasteiger partial charge in [-0.1, -0.05) is 6.92 Å². The number of amides is 1. The summed E-state index contributed by atoms with van der Waals surface area (Å²) in [6, 6.07) is 7.87. The molecule has 20 heavy (non-hydrogen) atoms. The first kappa shape index (κ1) is 15.2. The summed E-state index contributed by atoms with van der Waals surface area (Å²) in [5.74, 6) is 2.40. The second-order valence-corrected chi connectivity index (χ2v) is 6.30. The van der Waals surface area contributed by atoms with E-state index in [2.05, 4.69) is 6.92 Å². The van der Waals surface area contributed by atoms with E-state index in [4.69, 9.17) is 4.74 Å². The zero-order chi connectivity index (χ0) is 14.4. The molecule has 3 nitrogen and oxygen atoms in total. The van der Waals surface area contributed by atoms with E-state index < -0.39 is 0 Å². The average molecular weight is 293 g/mol. The van der Waals surface area contributed by atoms with Gasteiger partial charge in [-0.25, -0.2) is 0 Å². The van der Waals surface area contributed by atoms with Crippen LogP contribution in [0.1, 0.15) is 26.2 Å². The van der Waals surface area contributed by atoms with E-state index in [0.717, 1.165) is 36.1 Å². The third-order valence-electron chi connectivity index (χ3n) is 3.44. The highest BCUT2D eigenvalue weighted by Crippen LogP contribution is 2.30. The Kier molecular flexibility index (Phi) is 5.77. The molecule has 110 valence electrons. The molecule has 1 aliphatic carbocycles. The van der Waals surface area contributed by atoms with Crippen LogP contribution in [0, 0.1) is 5.92 Å². The predicted molar refractivity (Wildman–Crippen MR) is 83.3 cm³/mol. The highest BCUT2D eigenvalue weighted by Gasteiger charge is 2.26. The van der Waals surface area contributed by atoms with Gasteiger partial charge in [0.1, 0.15) is 5.75 Å². The van der Waals surface area contributed by atoms with E-state index in [1.54, 1.807) is 18.9 Å². The van der Waals surface area contributed by atoms with E-state index in [9.17, 15) is 4.79 Å². The van der Waals surface area contributed by atoms with Crippen molar-refractivity contribution in [3.63, 3.8) is 0 Å². The number of carbonyl (C=O) groups is 1. The number of rotatable bonds is 8. The number of thioether (sulfide) groups is 1. The molecule has 0 saturated heterocycles. The first-order valence-electron chi connectivity index (χ1n) is 7.27. The molecular formula is C16H23NO2S. The molecule has 1 saturated carbocycles. The van der Waals surface area contributed by atoms with Crippen molar-refractivity contribution in [1.29, 1.82) is 0 Å². The van der Waals surface area contributed by atoms with E-state index in [1.807, 2.05) is 29.2 Å². The predicted octanol–water partition coefficient (Wildman–Crippen LogP) is 3.44. The molecule has 0 aromatic heterocycles. The summed E-state index contributed by atoms with van der Waals surface area (Å²) in [4.78, 5) is 15.4. The maximum atomic E-state index is 12.3. The van der Waals surface area contributed by atoms with Crippen LogP contribution in [-0.2, 0) is 4.79 Å². The van der Waals surface area contributed by atoms with Gasteiger partial charge in [-0.05, 0) is 49.4 Å². The normalized spacial score (nSPS) is 14.1. The van der Waals surface area contributed by atoms with Gasteiger partial charge in [0.2, 0.25) is 5.91 Å². The van der Waals surface area contributed by atoms with Crippen molar-refractivity contribution in [3.8, 4) is 5.75 Å². The van der Waals surface area contributed by atoms with Crippen LogP contribution in [0.3, 0.4) is 0 Å². The van der Waals surface area contributed by atoms with Gasteiger partial charge in [0.25, 0.3) is 0 Å². The Morgan fingerprint density at radius 2 is 2.05 bits per heavy atom. The van der Waals surface area contributed by atoms with Crippen molar-refractivity contribution >= 4 is 17.7 Å². The molecule has 4 heteroatoms. The van der Waals surface area contributed by atoms with E-state index >= 15 is 0 Å². The Morgan fingerprint density at radius 1 is 1.35 bits per heavy atom. The Hall–Kier alpha value is -1.16. The number of hydrogen-bond donors (Lipinski definition) is 0. The van der Waals surface area contributed by atoms with Gasteiger partial charge in [-0.15, -0.1) is 11.8 Å². The van der Waals surface area contributed by atoms with Crippen LogP contribution in [0.15, 0.2) is 29.2 Å². The summed E-state index contributed by atoms with van der Waals surface area (Å²) in [5, 5.41) is 0. The first-order valence-corrected chi connectivity index (χ1v) is 8.26. The standard InChI is InChI=1S/C16H23NO2S/c1-3-10-17(11-13-4-5-13)16(18)12-20-15-8-6-14(19-2)7-9-15/h6-9,13H,3-5,10-12H2,1-2H3. The molecule has 0 bridgehead atoms. The van der Waals surface area contributed by atoms with E-state index in [0.29, 0.717) is 5.75 Å². The maximum absolute atomic E-state index is 12.3. The summed E-state index contributed by atoms with van der Waals surface area (Å²) in [6.45, 7) is 3.97. The molecule has 2 rings (SSSR count). The van der Waals surface area contributed by atoms with Crippen LogP contribution in [0.2, 0.25) is 0 Å². The van der Waals surface area contributed by atoms with Crippen molar-refractivity contribution in [2.45, 2.75) is 31.1 Å². The number of carbonyl (C=O) groups excluding carboxylic acids is 1. The molecule has 0 heterocycles. The molecule has 1 aliphatic rings. The minimum absolute atomic E-state index is 0.263. The van der Waals surface area contributed by atoms with Crippen molar-refractivity contribution < 1.29 is 9.53 Å². The maximum Gasteiger partial charge on any atom is 0.232 e. The van der Waals surface area contributed by atoms with Gasteiger partial charge in [0.05, 0.1) is 12.9 Å². The van der Waals surface area contributed by atoms with E-state index in [-0.39, 0.29) is 5.91 Å². The molecule has 0 radical (unpaired) electrons. The van der Waals surface area contributed by atoms with Crippen LogP contribution < -0.4 is 4.74 Å². The van der Waals surface area contributed by atoms with Crippen LogP contribution >= 0.6 is 11.8 Å². The Morgan fingerprint density at radius 3 is 2.60 bits per heavy atom. The number of hydrogen-bond acceptors (Lipinski definition) is 3. The Bertz CT molecular complexity index is 429. The molecule has 0 unspecified atom stereocenters. The van der Waals surface area contributed by atoms with E-state index in [1.165, 1.54) is 12.8 Å². The molecule has 1 fully saturated rings. The molecule has 1 aromatic carbocycles. The quantitative estimate of drug-likeness (QED) is 0.688. The second kappa shape index (κ2) is 7.58. The monoisotopic (exact) mass is 293 g/mol. The lowest BCUT2D eigenvalue weighted by atomic mass is 10.3. The third kappa shape index (κ3) is 4.75. The minimum atomic E-state index is 0.263. The molecular weight excluding hydrogens is 270 g/mol. The van der Waals surface area contributed by atoms with Gasteiger partial charge in [0, 0.05) is 18.0 Å². The van der Waals surface area contributed by atoms with Crippen LogP contribution in [0.5, 0.6) is 5.75 Å². The third-order valence-corrected chi connectivity index (χ3v) is 4.44. The van der Waals surface area contributed by atoms with Crippen molar-refractivity contribution in [2.24, 2.45) is 5.92 Å². The zero-order valence-corrected chi connectivity index (χ0v) is 13.1. The highest BCUT2D eigenvalue weighted by molar-refractivity contribution is 8.00. The lowest BCUT2D eigenvalue weighted by Crippen LogP contribution is -2.34. The highest BCUT2D eigenvalue weighted by atomic mass is 32.2. The van der Waals surface area contributed by atoms with Gasteiger partial charge >= 0.3 is 0 Å². The first-order chi connectivity index (χ1) is 9.72. The van der Waals surface area contributed by atoms with Crippen molar-refractivity contribution in [3.05, 3.63) is 24.3 Å².